The van der Waals surface area contributed by atoms with E-state index in [1.54, 1.807) is 32.4 Å². The van der Waals surface area contributed by atoms with Crippen LogP contribution in [0.15, 0.2) is 72.9 Å². The number of fused-ring (bicyclic) bond motifs is 2. The maximum Gasteiger partial charge on any atom is 0.258 e. The molecule has 9 nitrogen and oxygen atoms in total. The highest BCUT2D eigenvalue weighted by Gasteiger charge is 2.24. The Balaban J connectivity index is 1.36. The van der Waals surface area contributed by atoms with Gasteiger partial charge < -0.3 is 19.7 Å². The Morgan fingerprint density at radius 2 is 1.66 bits per heavy atom. The number of benzene rings is 2. The maximum absolute atomic E-state index is 14.3. The molecule has 44 heavy (non-hydrogen) atoms. The molecular formula is C33H29FN6O3S. The fourth-order valence-electron chi connectivity index (χ4n) is 5.53. The number of nitrogens with one attached hydrogen (secondary N) is 1. The van der Waals surface area contributed by atoms with Crippen LogP contribution in [-0.2, 0) is 0 Å². The average Bonchev–Trinajstić information content (AvgIpc) is 3.66. The molecule has 6 aromatic rings. The quantitative estimate of drug-likeness (QED) is 0.207. The number of amides is 1. The molecule has 0 bridgehead atoms. The molecule has 222 valence electrons. The van der Waals surface area contributed by atoms with Crippen LogP contribution in [-0.4, -0.2) is 52.6 Å². The molecule has 0 atom stereocenters. The van der Waals surface area contributed by atoms with E-state index in [4.69, 9.17) is 24.4 Å². The Kier molecular flexibility index (Phi) is 7.31. The summed E-state index contributed by atoms with van der Waals surface area (Å²) < 4.78 is 27.2. The predicted octanol–water partition coefficient (Wildman–Crippen LogP) is 7.07. The fraction of sp³-hybridized carbons (Fsp3) is 0.212. The Hall–Kier alpha value is -5.03. The van der Waals surface area contributed by atoms with E-state index >= 15 is 0 Å². The van der Waals surface area contributed by atoms with Gasteiger partial charge in [0.1, 0.15) is 23.0 Å². The number of thiazole rings is 1. The summed E-state index contributed by atoms with van der Waals surface area (Å²) >= 11 is 1.48. The van der Waals surface area contributed by atoms with Crippen LogP contribution in [0.5, 0.6) is 11.5 Å². The number of carbonyl (C=O) groups is 1. The topological polar surface area (TPSA) is 93.9 Å². The number of hydrogen-bond donors (Lipinski definition) is 1. The van der Waals surface area contributed by atoms with Crippen LogP contribution in [0, 0.1) is 5.82 Å². The summed E-state index contributed by atoms with van der Waals surface area (Å²) in [6.45, 7) is 1.85. The molecule has 2 aromatic carbocycles. The molecule has 0 radical (unpaired) electrons. The number of piperidine rings is 1. The lowest BCUT2D eigenvalue weighted by Crippen LogP contribution is -2.29. The van der Waals surface area contributed by atoms with E-state index in [0.717, 1.165) is 36.6 Å². The molecule has 0 unspecified atom stereocenters. The normalized spacial score (nSPS) is 13.4. The van der Waals surface area contributed by atoms with Gasteiger partial charge >= 0.3 is 0 Å². The number of nitrogens with zero attached hydrogens (tertiary/aromatic N) is 5. The highest BCUT2D eigenvalue weighted by molar-refractivity contribution is 7.22. The molecule has 0 saturated carbocycles. The van der Waals surface area contributed by atoms with Gasteiger partial charge in [-0.2, -0.15) is 4.98 Å². The molecular weight excluding hydrogens is 579 g/mol. The van der Waals surface area contributed by atoms with Gasteiger partial charge in [0.05, 0.1) is 30.2 Å². The van der Waals surface area contributed by atoms with Crippen LogP contribution in [0.25, 0.3) is 38.5 Å². The summed E-state index contributed by atoms with van der Waals surface area (Å²) in [4.78, 5) is 31.1. The van der Waals surface area contributed by atoms with E-state index < -0.39 is 0 Å². The highest BCUT2D eigenvalue weighted by Crippen LogP contribution is 2.37. The molecule has 11 heteroatoms. The Labute approximate surface area is 256 Å². The van der Waals surface area contributed by atoms with Gasteiger partial charge in [0.15, 0.2) is 22.3 Å². The van der Waals surface area contributed by atoms with Gasteiger partial charge in [-0.05, 0) is 79.9 Å². The lowest BCUT2D eigenvalue weighted by atomic mass is 10.1. The molecule has 1 N–H and O–H groups in total. The summed E-state index contributed by atoms with van der Waals surface area (Å²) in [5.41, 5.74) is 4.15. The van der Waals surface area contributed by atoms with Crippen molar-refractivity contribution in [1.29, 1.82) is 0 Å². The smallest absolute Gasteiger partial charge is 0.258 e. The SMILES string of the molecule is COc1ccc(-c2cc(C(=O)Nc3c(-c4ccc(F)cc4)nc4ccccn34)c3sc(N4CCCCC4)nc3n2)cc1OC. The zero-order valence-electron chi connectivity index (χ0n) is 24.2. The molecule has 0 aliphatic carbocycles. The summed E-state index contributed by atoms with van der Waals surface area (Å²) in [5.74, 6) is 0.953. The van der Waals surface area contributed by atoms with E-state index in [-0.39, 0.29) is 11.7 Å². The van der Waals surface area contributed by atoms with E-state index in [9.17, 15) is 9.18 Å². The van der Waals surface area contributed by atoms with Gasteiger partial charge in [-0.25, -0.2) is 14.4 Å². The first-order chi connectivity index (χ1) is 21.5. The van der Waals surface area contributed by atoms with Crippen molar-refractivity contribution in [3.05, 3.63) is 84.3 Å². The standard InChI is InChI=1S/C33H29FN6O3S/c1-42-25-14-11-21(18-26(25)43-2)24-19-23(29-30(35-24)37-33(44-29)39-15-5-3-6-16-39)32(41)38-31-28(20-9-12-22(34)13-10-20)36-27-8-4-7-17-40(27)31/h4,7-14,17-19H,3,5-6,15-16H2,1-2H3,(H,38,41). The van der Waals surface area contributed by atoms with Crippen LogP contribution in [0.4, 0.5) is 15.3 Å². The molecule has 5 heterocycles. The van der Waals surface area contributed by atoms with Gasteiger partial charge in [0.2, 0.25) is 0 Å². The molecule has 0 spiro atoms. The third-order valence-corrected chi connectivity index (χ3v) is 8.92. The molecule has 4 aromatic heterocycles. The zero-order chi connectivity index (χ0) is 30.2. The summed E-state index contributed by atoms with van der Waals surface area (Å²) in [5, 5.41) is 3.98. The van der Waals surface area contributed by atoms with Crippen LogP contribution in [0.2, 0.25) is 0 Å². The third-order valence-electron chi connectivity index (χ3n) is 7.78. The van der Waals surface area contributed by atoms with Gasteiger partial charge in [-0.15, -0.1) is 0 Å². The molecule has 1 fully saturated rings. The second-order valence-corrected chi connectivity index (χ2v) is 11.5. The number of hydrogen-bond acceptors (Lipinski definition) is 8. The van der Waals surface area contributed by atoms with Crippen molar-refractivity contribution in [3.63, 3.8) is 0 Å². The minimum atomic E-state index is -0.348. The summed E-state index contributed by atoms with van der Waals surface area (Å²) in [6.07, 6.45) is 5.25. The highest BCUT2D eigenvalue weighted by atomic mass is 32.1. The van der Waals surface area contributed by atoms with Crippen molar-refractivity contribution >= 4 is 44.2 Å². The Morgan fingerprint density at radius 3 is 2.43 bits per heavy atom. The number of pyridine rings is 2. The van der Waals surface area contributed by atoms with E-state index in [1.807, 2.05) is 47.0 Å². The van der Waals surface area contributed by atoms with Crippen LogP contribution in [0.1, 0.15) is 29.6 Å². The predicted molar refractivity (Wildman–Crippen MR) is 171 cm³/mol. The average molecular weight is 609 g/mol. The monoisotopic (exact) mass is 608 g/mol. The van der Waals surface area contributed by atoms with Crippen molar-refractivity contribution in [2.24, 2.45) is 0 Å². The van der Waals surface area contributed by atoms with E-state index in [0.29, 0.717) is 55.8 Å². The first-order valence-corrected chi connectivity index (χ1v) is 15.2. The first kappa shape index (κ1) is 27.8. The summed E-state index contributed by atoms with van der Waals surface area (Å²) in [7, 11) is 3.17. The molecule has 1 saturated heterocycles. The molecule has 1 aliphatic rings. The number of carbonyl (C=O) groups excluding carboxylic acids is 1. The lowest BCUT2D eigenvalue weighted by molar-refractivity contribution is 0.102. The molecule has 7 rings (SSSR count). The van der Waals surface area contributed by atoms with Crippen molar-refractivity contribution in [3.8, 4) is 34.0 Å². The molecule has 1 aliphatic heterocycles. The molecule has 1 amide bonds. The number of ether oxygens (including phenoxy) is 2. The van der Waals surface area contributed by atoms with Crippen molar-refractivity contribution in [2.75, 3.05) is 37.5 Å². The largest absolute Gasteiger partial charge is 0.493 e. The second kappa shape index (κ2) is 11.6. The fourth-order valence-corrected chi connectivity index (χ4v) is 6.60. The van der Waals surface area contributed by atoms with Gasteiger partial charge in [-0.3, -0.25) is 9.20 Å². The zero-order valence-corrected chi connectivity index (χ0v) is 25.0. The Morgan fingerprint density at radius 1 is 0.886 bits per heavy atom. The van der Waals surface area contributed by atoms with Crippen LogP contribution < -0.4 is 19.7 Å². The van der Waals surface area contributed by atoms with Crippen molar-refractivity contribution in [1.82, 2.24) is 19.4 Å². The third kappa shape index (κ3) is 5.09. The second-order valence-electron chi connectivity index (χ2n) is 10.5. The van der Waals surface area contributed by atoms with Crippen LogP contribution >= 0.6 is 11.3 Å². The number of rotatable bonds is 7. The number of anilines is 2. The number of aromatic nitrogens is 4. The van der Waals surface area contributed by atoms with Gasteiger partial charge in [-0.1, -0.05) is 17.4 Å². The number of imidazole rings is 1. The number of methoxy groups -OCH3 is 2. The maximum atomic E-state index is 14.3. The van der Waals surface area contributed by atoms with E-state index in [1.165, 1.54) is 29.9 Å². The Bertz CT molecular complexity index is 2000. The van der Waals surface area contributed by atoms with Gasteiger partial charge in [0.25, 0.3) is 5.91 Å². The number of halogens is 1. The first-order valence-electron chi connectivity index (χ1n) is 14.4. The minimum absolute atomic E-state index is 0.331. The van der Waals surface area contributed by atoms with Gasteiger partial charge in [0, 0.05) is 30.4 Å². The van der Waals surface area contributed by atoms with Crippen molar-refractivity contribution < 1.29 is 18.7 Å². The lowest BCUT2D eigenvalue weighted by Gasteiger charge is -2.25. The summed E-state index contributed by atoms with van der Waals surface area (Å²) in [6, 6.07) is 19.0. The van der Waals surface area contributed by atoms with E-state index in [2.05, 4.69) is 10.2 Å². The minimum Gasteiger partial charge on any atom is -0.493 e. The van der Waals surface area contributed by atoms with Crippen molar-refractivity contribution in [2.45, 2.75) is 19.3 Å². The van der Waals surface area contributed by atoms with Crippen LogP contribution in [0.3, 0.4) is 0 Å².